The molecular formula is C62H54B2N6O. The zero-order valence-corrected chi connectivity index (χ0v) is 42.1. The molecule has 0 N–H and O–H groups in total. The van der Waals surface area contributed by atoms with Crippen molar-refractivity contribution in [1.82, 2.24) is 27.9 Å². The Hall–Kier alpha value is -7.77. The summed E-state index contributed by atoms with van der Waals surface area (Å²) in [6, 6.07) is 49.0. The van der Waals surface area contributed by atoms with E-state index in [9.17, 15) is 0 Å². The molecule has 7 nitrogen and oxygen atoms in total. The van der Waals surface area contributed by atoms with Gasteiger partial charge in [-0.15, -0.1) is 0 Å². The van der Waals surface area contributed by atoms with Gasteiger partial charge >= 0.3 is 0 Å². The van der Waals surface area contributed by atoms with Crippen LogP contribution in [0.2, 0.25) is 0 Å². The van der Waals surface area contributed by atoms with E-state index >= 15 is 0 Å². The first-order chi connectivity index (χ1) is 34.2. The molecule has 12 aromatic rings. The molecule has 9 heteroatoms. The summed E-state index contributed by atoms with van der Waals surface area (Å²) in [7, 11) is 0. The number of rotatable bonds is 4. The molecule has 0 saturated heterocycles. The molecule has 14 rings (SSSR count). The van der Waals surface area contributed by atoms with Crippen LogP contribution in [0.3, 0.4) is 0 Å². The molecule has 0 bridgehead atoms. The van der Waals surface area contributed by atoms with Gasteiger partial charge in [0, 0.05) is 24.5 Å². The van der Waals surface area contributed by atoms with Gasteiger partial charge in [0.25, 0.3) is 13.4 Å². The summed E-state index contributed by atoms with van der Waals surface area (Å²) >= 11 is 0. The van der Waals surface area contributed by atoms with Gasteiger partial charge in [-0.05, 0) is 131 Å². The van der Waals surface area contributed by atoms with Crippen molar-refractivity contribution in [1.29, 1.82) is 0 Å². The Bertz CT molecular complexity index is 3990. The number of ether oxygens (including phenoxy) is 1. The molecule has 71 heavy (non-hydrogen) atoms. The highest BCUT2D eigenvalue weighted by Gasteiger charge is 2.44. The van der Waals surface area contributed by atoms with Crippen LogP contribution in [0, 0.1) is 27.7 Å². The molecule has 0 saturated carbocycles. The van der Waals surface area contributed by atoms with Gasteiger partial charge in [0.1, 0.15) is 34.4 Å². The molecule has 8 heterocycles. The molecule has 0 unspecified atom stereocenters. The summed E-state index contributed by atoms with van der Waals surface area (Å²) in [4.78, 5) is 10.7. The van der Waals surface area contributed by atoms with E-state index in [1.54, 1.807) is 0 Å². The molecular weight excluding hydrogens is 866 g/mol. The second-order valence-corrected chi connectivity index (χ2v) is 22.4. The van der Waals surface area contributed by atoms with E-state index in [0.717, 1.165) is 56.5 Å². The third-order valence-electron chi connectivity index (χ3n) is 16.1. The molecule has 0 aliphatic carbocycles. The number of nitrogens with zero attached hydrogens (tertiary/aromatic N) is 6. The van der Waals surface area contributed by atoms with Gasteiger partial charge in [-0.2, -0.15) is 0 Å². The molecule has 0 amide bonds. The number of hydrogen-bond acceptors (Lipinski definition) is 3. The number of imidazole rings is 2. The topological polar surface area (TPSA) is 53.7 Å². The largest absolute Gasteiger partial charge is 0.457 e. The Morgan fingerprint density at radius 2 is 0.789 bits per heavy atom. The SMILES string of the molecule is Cc1cccc(C)c1B1c2c(C(C)(C)C)ccnc2-n2c3cc(Oc4ccc5c(c4)n4c6c(c7ccccc7n56)B(c5c(C)cccc5C)c5c(C(C)(C)C)ccnc5-4)ccc3n3c4ccccc4c1c23. The van der Waals surface area contributed by atoms with Crippen LogP contribution in [0.15, 0.2) is 146 Å². The second-order valence-electron chi connectivity index (χ2n) is 22.4. The molecule has 0 atom stereocenters. The number of aryl methyl sites for hydroxylation is 4. The Balaban J connectivity index is 1.01. The minimum atomic E-state index is -0.133. The van der Waals surface area contributed by atoms with Crippen molar-refractivity contribution >= 4 is 101 Å². The molecule has 6 aromatic heterocycles. The van der Waals surface area contributed by atoms with Gasteiger partial charge in [-0.1, -0.05) is 148 Å². The van der Waals surface area contributed by atoms with Gasteiger partial charge in [0.05, 0.1) is 33.1 Å². The fourth-order valence-electron chi connectivity index (χ4n) is 13.3. The van der Waals surface area contributed by atoms with Crippen LogP contribution in [-0.4, -0.2) is 41.3 Å². The van der Waals surface area contributed by atoms with Crippen molar-refractivity contribution in [3.05, 3.63) is 179 Å². The number of hydrogen-bond donors (Lipinski definition) is 0. The Labute approximate surface area is 414 Å². The van der Waals surface area contributed by atoms with E-state index in [1.165, 1.54) is 88.0 Å². The maximum atomic E-state index is 7.10. The van der Waals surface area contributed by atoms with Crippen molar-refractivity contribution in [3.63, 3.8) is 0 Å². The van der Waals surface area contributed by atoms with Crippen LogP contribution in [0.25, 0.3) is 66.8 Å². The average molecular weight is 921 g/mol. The first-order valence-electron chi connectivity index (χ1n) is 25.2. The Morgan fingerprint density at radius 3 is 1.18 bits per heavy atom. The van der Waals surface area contributed by atoms with Crippen LogP contribution in [0.4, 0.5) is 0 Å². The van der Waals surface area contributed by atoms with Crippen LogP contribution < -0.4 is 37.5 Å². The lowest BCUT2D eigenvalue weighted by Gasteiger charge is -2.32. The number of aromatic nitrogens is 6. The van der Waals surface area contributed by atoms with Gasteiger partial charge < -0.3 is 4.74 Å². The third kappa shape index (κ3) is 5.63. The minimum absolute atomic E-state index is 0.00861. The maximum absolute atomic E-state index is 7.10. The van der Waals surface area contributed by atoms with Crippen LogP contribution in [0.1, 0.15) is 74.9 Å². The van der Waals surface area contributed by atoms with Crippen LogP contribution >= 0.6 is 0 Å². The summed E-state index contributed by atoms with van der Waals surface area (Å²) in [5, 5.41) is 2.53. The normalized spacial score (nSPS) is 13.4. The first kappa shape index (κ1) is 42.1. The highest BCUT2D eigenvalue weighted by atomic mass is 16.5. The fraction of sp³-hybridized carbons (Fsp3) is 0.194. The minimum Gasteiger partial charge on any atom is -0.457 e. The predicted octanol–water partition coefficient (Wildman–Crippen LogP) is 10.5. The highest BCUT2D eigenvalue weighted by Crippen LogP contribution is 2.40. The quantitative estimate of drug-likeness (QED) is 0.165. The lowest BCUT2D eigenvalue weighted by molar-refractivity contribution is 0.484. The van der Waals surface area contributed by atoms with Crippen LogP contribution in [-0.2, 0) is 10.8 Å². The van der Waals surface area contributed by atoms with Crippen molar-refractivity contribution < 1.29 is 4.74 Å². The Kier molecular flexibility index (Phi) is 8.55. The number of pyridine rings is 2. The summed E-state index contributed by atoms with van der Waals surface area (Å²) in [6.45, 7) is 23.0. The lowest BCUT2D eigenvalue weighted by Crippen LogP contribution is -2.59. The van der Waals surface area contributed by atoms with E-state index in [1.807, 2.05) is 12.4 Å². The van der Waals surface area contributed by atoms with Crippen LogP contribution in [0.5, 0.6) is 11.5 Å². The highest BCUT2D eigenvalue weighted by molar-refractivity contribution is 7.00. The third-order valence-corrected chi connectivity index (χ3v) is 16.1. The van der Waals surface area contributed by atoms with E-state index in [0.29, 0.717) is 0 Å². The smallest absolute Gasteiger partial charge is 0.252 e. The number of benzene rings is 6. The summed E-state index contributed by atoms with van der Waals surface area (Å²) in [5.41, 5.74) is 24.4. The van der Waals surface area contributed by atoms with Gasteiger partial charge in [-0.25, -0.2) is 9.97 Å². The Morgan fingerprint density at radius 1 is 0.394 bits per heavy atom. The van der Waals surface area contributed by atoms with Gasteiger partial charge in [0.15, 0.2) is 0 Å². The monoisotopic (exact) mass is 920 g/mol. The second kappa shape index (κ2) is 14.4. The van der Waals surface area contributed by atoms with Gasteiger partial charge in [-0.3, -0.25) is 17.9 Å². The standard InChI is InChI=1S/C62H54B2N6O/c1-35-17-15-18-36(2)51(35)63-53-41-21-11-13-23-45(41)67-47-27-25-39(33-49(47)69(59(53)67)57-55(63)43(29-31-65-57)61(5,6)7)71-40-26-28-48-50(34-40)70-58-56(44(30-32-66-58)62(8,9)10)64(52-37(3)19-16-20-38(52)4)54-42-22-12-14-24-46(42)68(48)60(54)70/h11-34H,1-10H3. The number of fused-ring (bicyclic) bond motifs is 16. The molecule has 0 fully saturated rings. The molecule has 2 aliphatic rings. The average Bonchev–Trinajstić information content (AvgIpc) is 4.07. The lowest BCUT2D eigenvalue weighted by atomic mass is 9.33. The van der Waals surface area contributed by atoms with Crippen molar-refractivity contribution in [2.24, 2.45) is 0 Å². The molecule has 0 spiro atoms. The van der Waals surface area contributed by atoms with Crippen molar-refractivity contribution in [2.45, 2.75) is 80.1 Å². The van der Waals surface area contributed by atoms with Crippen molar-refractivity contribution in [3.8, 4) is 23.1 Å². The van der Waals surface area contributed by atoms with E-state index in [-0.39, 0.29) is 24.3 Å². The molecule has 2 aliphatic heterocycles. The fourth-order valence-corrected chi connectivity index (χ4v) is 13.3. The molecule has 6 aromatic carbocycles. The maximum Gasteiger partial charge on any atom is 0.252 e. The van der Waals surface area contributed by atoms with Crippen molar-refractivity contribution in [2.75, 3.05) is 0 Å². The summed E-state index contributed by atoms with van der Waals surface area (Å²) in [6.07, 6.45) is 4.02. The van der Waals surface area contributed by atoms with Gasteiger partial charge in [0.2, 0.25) is 0 Å². The zero-order valence-electron chi connectivity index (χ0n) is 42.1. The zero-order chi connectivity index (χ0) is 48.6. The number of para-hydroxylation sites is 2. The van der Waals surface area contributed by atoms with E-state index < -0.39 is 0 Å². The van der Waals surface area contributed by atoms with E-state index in [2.05, 4.69) is 221 Å². The predicted molar refractivity (Wildman–Crippen MR) is 298 cm³/mol. The van der Waals surface area contributed by atoms with E-state index in [4.69, 9.17) is 14.7 Å². The molecule has 0 radical (unpaired) electrons. The summed E-state index contributed by atoms with van der Waals surface area (Å²) in [5.74, 6) is 3.48. The molecule has 344 valence electrons. The summed E-state index contributed by atoms with van der Waals surface area (Å²) < 4.78 is 16.9. The first-order valence-corrected chi connectivity index (χ1v) is 25.2.